The Hall–Kier alpha value is -3.12. The smallest absolute Gasteiger partial charge is 0.278 e. The van der Waals surface area contributed by atoms with Gasteiger partial charge in [-0.2, -0.15) is 0 Å². The van der Waals surface area contributed by atoms with Crippen LogP contribution in [-0.2, 0) is 14.3 Å². The Morgan fingerprint density at radius 3 is 2.40 bits per heavy atom. The summed E-state index contributed by atoms with van der Waals surface area (Å²) >= 11 is 0. The van der Waals surface area contributed by atoms with E-state index in [0.717, 1.165) is 17.0 Å². The Morgan fingerprint density at radius 1 is 0.967 bits per heavy atom. The Morgan fingerprint density at radius 2 is 1.73 bits per heavy atom. The summed E-state index contributed by atoms with van der Waals surface area (Å²) in [5, 5.41) is 3.19. The van der Waals surface area contributed by atoms with E-state index in [9.17, 15) is 9.59 Å². The van der Waals surface area contributed by atoms with Crippen LogP contribution in [-0.4, -0.2) is 43.1 Å². The van der Waals surface area contributed by atoms with Crippen LogP contribution in [0.3, 0.4) is 0 Å². The minimum absolute atomic E-state index is 0.296. The average Bonchev–Trinajstić information content (AvgIpc) is 2.96. The zero-order valence-corrected chi connectivity index (χ0v) is 17.7. The van der Waals surface area contributed by atoms with Crippen molar-refractivity contribution in [1.82, 2.24) is 4.90 Å². The van der Waals surface area contributed by atoms with Gasteiger partial charge in [0.2, 0.25) is 0 Å². The lowest BCUT2D eigenvalue weighted by atomic mass is 10.0. The molecule has 0 radical (unpaired) electrons. The van der Waals surface area contributed by atoms with E-state index >= 15 is 0 Å². The van der Waals surface area contributed by atoms with Gasteiger partial charge in [0.15, 0.2) is 0 Å². The highest BCUT2D eigenvalue weighted by atomic mass is 16.5. The number of aryl methyl sites for hydroxylation is 1. The standard InChI is InChI=1S/C24H28N2O4/c1-4-29-15-7-14-26-23(27)21(18-10-12-20(13-11-18)30-5-2)22(24(26)28)25-19-9-6-8-17(3)16-19/h6,8-13,16,25H,4-5,7,14-15H2,1-3H3. The van der Waals surface area contributed by atoms with Gasteiger partial charge in [0.1, 0.15) is 11.4 Å². The number of carbonyl (C=O) groups is 2. The van der Waals surface area contributed by atoms with Crippen molar-refractivity contribution in [3.05, 3.63) is 65.4 Å². The molecule has 0 aromatic heterocycles. The maximum Gasteiger partial charge on any atom is 0.278 e. The van der Waals surface area contributed by atoms with Gasteiger partial charge in [0, 0.05) is 25.4 Å². The van der Waals surface area contributed by atoms with E-state index in [-0.39, 0.29) is 11.8 Å². The van der Waals surface area contributed by atoms with Gasteiger partial charge in [0.05, 0.1) is 12.2 Å². The van der Waals surface area contributed by atoms with Crippen molar-refractivity contribution in [2.24, 2.45) is 0 Å². The molecular weight excluding hydrogens is 380 g/mol. The SMILES string of the molecule is CCOCCCN1C(=O)C(Nc2cccc(C)c2)=C(c2ccc(OCC)cc2)C1=O. The third-order valence-electron chi connectivity index (χ3n) is 4.78. The molecule has 1 heterocycles. The van der Waals surface area contributed by atoms with Crippen LogP contribution in [0.25, 0.3) is 5.57 Å². The number of rotatable bonds is 10. The average molecular weight is 408 g/mol. The van der Waals surface area contributed by atoms with Gasteiger partial charge in [-0.3, -0.25) is 14.5 Å². The van der Waals surface area contributed by atoms with Crippen LogP contribution in [0, 0.1) is 6.92 Å². The number of imide groups is 1. The maximum absolute atomic E-state index is 13.2. The van der Waals surface area contributed by atoms with Crippen LogP contribution >= 0.6 is 0 Å². The molecule has 0 saturated carbocycles. The lowest BCUT2D eigenvalue weighted by molar-refractivity contribution is -0.137. The molecule has 0 aliphatic carbocycles. The number of hydrogen-bond acceptors (Lipinski definition) is 5. The van der Waals surface area contributed by atoms with E-state index in [0.29, 0.717) is 49.6 Å². The monoisotopic (exact) mass is 408 g/mol. The largest absolute Gasteiger partial charge is 0.494 e. The van der Waals surface area contributed by atoms with Crippen LogP contribution in [0.5, 0.6) is 5.75 Å². The topological polar surface area (TPSA) is 67.9 Å². The molecule has 2 aromatic carbocycles. The maximum atomic E-state index is 13.2. The van der Waals surface area contributed by atoms with E-state index < -0.39 is 0 Å². The highest BCUT2D eigenvalue weighted by Gasteiger charge is 2.38. The van der Waals surface area contributed by atoms with Crippen molar-refractivity contribution >= 4 is 23.1 Å². The molecule has 158 valence electrons. The van der Waals surface area contributed by atoms with Crippen molar-refractivity contribution in [1.29, 1.82) is 0 Å². The van der Waals surface area contributed by atoms with Crippen molar-refractivity contribution in [3.8, 4) is 5.75 Å². The molecule has 1 aliphatic rings. The second kappa shape index (κ2) is 10.1. The number of hydrogen-bond donors (Lipinski definition) is 1. The highest BCUT2D eigenvalue weighted by Crippen LogP contribution is 2.31. The van der Waals surface area contributed by atoms with Gasteiger partial charge in [-0.25, -0.2) is 0 Å². The minimum atomic E-state index is -0.318. The predicted octanol–water partition coefficient (Wildman–Crippen LogP) is 4.01. The fraction of sp³-hybridized carbons (Fsp3) is 0.333. The summed E-state index contributed by atoms with van der Waals surface area (Å²) in [5.41, 5.74) is 3.19. The molecule has 0 atom stereocenters. The fourth-order valence-corrected chi connectivity index (χ4v) is 3.38. The summed E-state index contributed by atoms with van der Waals surface area (Å²) in [6, 6.07) is 15.0. The fourth-order valence-electron chi connectivity index (χ4n) is 3.38. The minimum Gasteiger partial charge on any atom is -0.494 e. The first-order valence-corrected chi connectivity index (χ1v) is 10.3. The number of benzene rings is 2. The number of nitrogens with zero attached hydrogens (tertiary/aromatic N) is 1. The number of ether oxygens (including phenoxy) is 2. The zero-order valence-electron chi connectivity index (χ0n) is 17.7. The molecule has 1 N–H and O–H groups in total. The molecule has 0 bridgehead atoms. The summed E-state index contributed by atoms with van der Waals surface area (Å²) < 4.78 is 10.9. The third kappa shape index (κ3) is 4.89. The number of anilines is 1. The summed E-state index contributed by atoms with van der Waals surface area (Å²) in [6.07, 6.45) is 0.597. The van der Waals surface area contributed by atoms with E-state index in [2.05, 4.69) is 5.32 Å². The van der Waals surface area contributed by atoms with Crippen LogP contribution in [0.1, 0.15) is 31.4 Å². The number of amides is 2. The normalized spacial score (nSPS) is 13.9. The van der Waals surface area contributed by atoms with Gasteiger partial charge < -0.3 is 14.8 Å². The molecular formula is C24H28N2O4. The van der Waals surface area contributed by atoms with Gasteiger partial charge in [0.25, 0.3) is 11.8 Å². The molecule has 1 aliphatic heterocycles. The molecule has 6 heteroatoms. The number of nitrogens with one attached hydrogen (secondary N) is 1. The van der Waals surface area contributed by atoms with Gasteiger partial charge in [-0.1, -0.05) is 24.3 Å². The van der Waals surface area contributed by atoms with Crippen molar-refractivity contribution < 1.29 is 19.1 Å². The summed E-state index contributed by atoms with van der Waals surface area (Å²) in [7, 11) is 0. The molecule has 0 fully saturated rings. The Balaban J connectivity index is 1.93. The molecule has 6 nitrogen and oxygen atoms in total. The first-order chi connectivity index (χ1) is 14.5. The van der Waals surface area contributed by atoms with E-state index in [1.54, 1.807) is 0 Å². The third-order valence-corrected chi connectivity index (χ3v) is 4.78. The molecule has 0 saturated heterocycles. The second-order valence-corrected chi connectivity index (χ2v) is 7.01. The zero-order chi connectivity index (χ0) is 21.5. The first kappa shape index (κ1) is 21.6. The van der Waals surface area contributed by atoms with E-state index in [4.69, 9.17) is 9.47 Å². The number of carbonyl (C=O) groups excluding carboxylic acids is 2. The van der Waals surface area contributed by atoms with Crippen molar-refractivity contribution in [2.75, 3.05) is 31.7 Å². The van der Waals surface area contributed by atoms with Crippen LogP contribution in [0.15, 0.2) is 54.2 Å². The lowest BCUT2D eigenvalue weighted by Gasteiger charge is -2.15. The summed E-state index contributed by atoms with van der Waals surface area (Å²) in [6.45, 7) is 7.81. The van der Waals surface area contributed by atoms with Crippen LogP contribution in [0.4, 0.5) is 5.69 Å². The van der Waals surface area contributed by atoms with E-state index in [1.807, 2.05) is 69.3 Å². The van der Waals surface area contributed by atoms with Crippen molar-refractivity contribution in [3.63, 3.8) is 0 Å². The second-order valence-electron chi connectivity index (χ2n) is 7.01. The Bertz CT molecular complexity index is 934. The molecule has 30 heavy (non-hydrogen) atoms. The van der Waals surface area contributed by atoms with Gasteiger partial charge in [-0.15, -0.1) is 0 Å². The summed E-state index contributed by atoms with van der Waals surface area (Å²) in [5.74, 6) is 0.109. The Kier molecular flexibility index (Phi) is 7.25. The molecule has 3 rings (SSSR count). The first-order valence-electron chi connectivity index (χ1n) is 10.3. The van der Waals surface area contributed by atoms with Crippen LogP contribution < -0.4 is 10.1 Å². The molecule has 2 aromatic rings. The predicted molar refractivity (Wildman–Crippen MR) is 117 cm³/mol. The quantitative estimate of drug-likeness (QED) is 0.475. The molecule has 0 spiro atoms. The lowest BCUT2D eigenvalue weighted by Crippen LogP contribution is -2.34. The van der Waals surface area contributed by atoms with Gasteiger partial charge >= 0.3 is 0 Å². The highest BCUT2D eigenvalue weighted by molar-refractivity contribution is 6.36. The van der Waals surface area contributed by atoms with Crippen LogP contribution in [0.2, 0.25) is 0 Å². The van der Waals surface area contributed by atoms with Gasteiger partial charge in [-0.05, 0) is 62.6 Å². The van der Waals surface area contributed by atoms with E-state index in [1.165, 1.54) is 4.90 Å². The van der Waals surface area contributed by atoms with Crippen molar-refractivity contribution in [2.45, 2.75) is 27.2 Å². The molecule has 0 unspecified atom stereocenters. The summed E-state index contributed by atoms with van der Waals surface area (Å²) in [4.78, 5) is 27.6. The Labute approximate surface area is 177 Å². The molecule has 2 amide bonds.